The quantitative estimate of drug-likeness (QED) is 0.522. The molecule has 136 valence electrons. The van der Waals surface area contributed by atoms with Crippen LogP contribution in [0.4, 0.5) is 11.5 Å². The average molecular weight is 358 g/mol. The molecular formula is C22H22N4O. The Hall–Kier alpha value is -3.34. The molecule has 2 aromatic heterocycles. The molecule has 0 unspecified atom stereocenters. The van der Waals surface area contributed by atoms with Gasteiger partial charge < -0.3 is 14.2 Å². The fourth-order valence-electron chi connectivity index (χ4n) is 3.18. The largest absolute Gasteiger partial charge is 0.489 e. The highest BCUT2D eigenvalue weighted by atomic mass is 16.5. The van der Waals surface area contributed by atoms with Crippen LogP contribution < -0.4 is 9.64 Å². The number of nitrogens with zero attached hydrogens (tertiary/aromatic N) is 4. The first-order valence-corrected chi connectivity index (χ1v) is 8.90. The van der Waals surface area contributed by atoms with Crippen LogP contribution in [-0.4, -0.2) is 21.6 Å². The molecule has 0 amide bonds. The minimum atomic E-state index is 0.550. The molecule has 0 fully saturated rings. The first-order valence-electron chi connectivity index (χ1n) is 8.90. The summed E-state index contributed by atoms with van der Waals surface area (Å²) in [4.78, 5) is 11.0. The number of pyridine rings is 1. The van der Waals surface area contributed by atoms with Gasteiger partial charge in [0.2, 0.25) is 0 Å². The highest BCUT2D eigenvalue weighted by Gasteiger charge is 2.13. The Morgan fingerprint density at radius 1 is 1.04 bits per heavy atom. The standard InChI is InChI=1S/C22H22N4O/c1-16-19(10-7-11-21(16)27-14-17-8-5-4-6-9-17)26(3)22-12-20-18(13-23-22)24-15-25(20)2/h4-13,15H,14H2,1-3H3. The predicted molar refractivity (Wildman–Crippen MR) is 109 cm³/mol. The smallest absolute Gasteiger partial charge is 0.134 e. The van der Waals surface area contributed by atoms with Crippen molar-refractivity contribution < 1.29 is 4.74 Å². The maximum atomic E-state index is 6.07. The van der Waals surface area contributed by atoms with Gasteiger partial charge in [0, 0.05) is 31.4 Å². The van der Waals surface area contributed by atoms with Crippen molar-refractivity contribution in [2.45, 2.75) is 13.5 Å². The molecule has 2 aromatic carbocycles. The number of ether oxygens (including phenoxy) is 1. The lowest BCUT2D eigenvalue weighted by Gasteiger charge is -2.22. The zero-order chi connectivity index (χ0) is 18.8. The van der Waals surface area contributed by atoms with Crippen LogP contribution in [-0.2, 0) is 13.7 Å². The van der Waals surface area contributed by atoms with E-state index in [0.29, 0.717) is 6.61 Å². The summed E-state index contributed by atoms with van der Waals surface area (Å²) in [5.74, 6) is 1.75. The summed E-state index contributed by atoms with van der Waals surface area (Å²) in [6, 6.07) is 18.4. The molecule has 2 heterocycles. The molecule has 0 saturated heterocycles. The lowest BCUT2D eigenvalue weighted by molar-refractivity contribution is 0.304. The second kappa shape index (κ2) is 7.11. The van der Waals surface area contributed by atoms with E-state index in [1.165, 1.54) is 0 Å². The number of fused-ring (bicyclic) bond motifs is 1. The third kappa shape index (κ3) is 3.36. The lowest BCUT2D eigenvalue weighted by Crippen LogP contribution is -2.13. The van der Waals surface area contributed by atoms with Crippen LogP contribution in [0.15, 0.2) is 67.1 Å². The van der Waals surface area contributed by atoms with Crippen molar-refractivity contribution in [2.24, 2.45) is 7.05 Å². The normalized spacial score (nSPS) is 10.9. The van der Waals surface area contributed by atoms with Gasteiger partial charge in [0.1, 0.15) is 23.7 Å². The number of aryl methyl sites for hydroxylation is 1. The van der Waals surface area contributed by atoms with Crippen molar-refractivity contribution >= 4 is 22.5 Å². The topological polar surface area (TPSA) is 43.2 Å². The minimum absolute atomic E-state index is 0.550. The maximum Gasteiger partial charge on any atom is 0.134 e. The number of anilines is 2. The summed E-state index contributed by atoms with van der Waals surface area (Å²) in [5.41, 5.74) is 5.25. The predicted octanol–water partition coefficient (Wildman–Crippen LogP) is 4.62. The molecular weight excluding hydrogens is 336 g/mol. The number of hydrogen-bond donors (Lipinski definition) is 0. The highest BCUT2D eigenvalue weighted by molar-refractivity contribution is 5.79. The molecule has 4 rings (SSSR count). The van der Waals surface area contributed by atoms with Gasteiger partial charge in [0.05, 0.1) is 18.0 Å². The molecule has 0 aliphatic heterocycles. The first-order chi connectivity index (χ1) is 13.1. The van der Waals surface area contributed by atoms with Gasteiger partial charge in [-0.3, -0.25) is 0 Å². The lowest BCUT2D eigenvalue weighted by atomic mass is 10.1. The summed E-state index contributed by atoms with van der Waals surface area (Å²) >= 11 is 0. The molecule has 5 heteroatoms. The highest BCUT2D eigenvalue weighted by Crippen LogP contribution is 2.32. The second-order valence-corrected chi connectivity index (χ2v) is 6.62. The first kappa shape index (κ1) is 17.1. The molecule has 0 atom stereocenters. The van der Waals surface area contributed by atoms with Crippen molar-refractivity contribution in [1.82, 2.24) is 14.5 Å². The molecule has 0 aliphatic carbocycles. The molecule has 0 bridgehead atoms. The van der Waals surface area contributed by atoms with Crippen LogP contribution in [0.2, 0.25) is 0 Å². The summed E-state index contributed by atoms with van der Waals surface area (Å²) in [5, 5.41) is 0. The summed E-state index contributed by atoms with van der Waals surface area (Å²) in [6.45, 7) is 2.63. The Labute approximate surface area is 158 Å². The number of hydrogen-bond acceptors (Lipinski definition) is 4. The van der Waals surface area contributed by atoms with E-state index in [4.69, 9.17) is 4.74 Å². The molecule has 0 aliphatic rings. The van der Waals surface area contributed by atoms with Crippen LogP contribution in [0, 0.1) is 6.92 Å². The van der Waals surface area contributed by atoms with E-state index in [1.807, 2.05) is 55.2 Å². The molecule has 0 spiro atoms. The number of imidazole rings is 1. The van der Waals surface area contributed by atoms with Gasteiger partial charge >= 0.3 is 0 Å². The maximum absolute atomic E-state index is 6.07. The molecule has 5 nitrogen and oxygen atoms in total. The van der Waals surface area contributed by atoms with Crippen LogP contribution in [0.3, 0.4) is 0 Å². The summed E-state index contributed by atoms with van der Waals surface area (Å²) in [7, 11) is 4.01. The Morgan fingerprint density at radius 3 is 2.67 bits per heavy atom. The Balaban J connectivity index is 1.61. The minimum Gasteiger partial charge on any atom is -0.489 e. The Bertz CT molecular complexity index is 1070. The van der Waals surface area contributed by atoms with Crippen molar-refractivity contribution in [3.05, 3.63) is 78.2 Å². The monoisotopic (exact) mass is 358 g/mol. The van der Waals surface area contributed by atoms with Crippen LogP contribution in [0.25, 0.3) is 11.0 Å². The average Bonchev–Trinajstić information content (AvgIpc) is 3.08. The molecule has 0 N–H and O–H groups in total. The molecule has 27 heavy (non-hydrogen) atoms. The van der Waals surface area contributed by atoms with Gasteiger partial charge in [0.15, 0.2) is 0 Å². The van der Waals surface area contributed by atoms with E-state index < -0.39 is 0 Å². The van der Waals surface area contributed by atoms with Crippen LogP contribution in [0.1, 0.15) is 11.1 Å². The third-order valence-corrected chi connectivity index (χ3v) is 4.80. The summed E-state index contributed by atoms with van der Waals surface area (Å²) < 4.78 is 8.07. The molecule has 4 aromatic rings. The third-order valence-electron chi connectivity index (χ3n) is 4.80. The van der Waals surface area contributed by atoms with E-state index >= 15 is 0 Å². The number of aromatic nitrogens is 3. The molecule has 0 saturated carbocycles. The van der Waals surface area contributed by atoms with Gasteiger partial charge in [-0.15, -0.1) is 0 Å². The van der Waals surface area contributed by atoms with E-state index in [-0.39, 0.29) is 0 Å². The van der Waals surface area contributed by atoms with E-state index in [2.05, 4.69) is 46.1 Å². The van der Waals surface area contributed by atoms with E-state index in [1.54, 1.807) is 6.33 Å². The van der Waals surface area contributed by atoms with Crippen molar-refractivity contribution in [1.29, 1.82) is 0 Å². The SMILES string of the molecule is Cc1c(OCc2ccccc2)cccc1N(C)c1cc2c(cn1)ncn2C. The summed E-state index contributed by atoms with van der Waals surface area (Å²) in [6.07, 6.45) is 3.62. The number of rotatable bonds is 5. The Morgan fingerprint density at radius 2 is 1.85 bits per heavy atom. The Kier molecular flexibility index (Phi) is 4.50. The van der Waals surface area contributed by atoms with Crippen molar-refractivity contribution in [3.63, 3.8) is 0 Å². The zero-order valence-corrected chi connectivity index (χ0v) is 15.8. The molecule has 0 radical (unpaired) electrons. The van der Waals surface area contributed by atoms with Gasteiger partial charge in [-0.25, -0.2) is 9.97 Å². The van der Waals surface area contributed by atoms with Gasteiger partial charge in [-0.1, -0.05) is 36.4 Å². The zero-order valence-electron chi connectivity index (χ0n) is 15.8. The van der Waals surface area contributed by atoms with Gasteiger partial charge in [-0.2, -0.15) is 0 Å². The second-order valence-electron chi connectivity index (χ2n) is 6.62. The fraction of sp³-hybridized carbons (Fsp3) is 0.182. The van der Waals surface area contributed by atoms with Crippen molar-refractivity contribution in [2.75, 3.05) is 11.9 Å². The van der Waals surface area contributed by atoms with Crippen LogP contribution >= 0.6 is 0 Å². The number of benzene rings is 2. The van der Waals surface area contributed by atoms with E-state index in [0.717, 1.165) is 39.4 Å². The van der Waals surface area contributed by atoms with Gasteiger partial charge in [0.25, 0.3) is 0 Å². The van der Waals surface area contributed by atoms with Crippen molar-refractivity contribution in [3.8, 4) is 5.75 Å². The fourth-order valence-corrected chi connectivity index (χ4v) is 3.18. The van der Waals surface area contributed by atoms with Crippen LogP contribution in [0.5, 0.6) is 5.75 Å². The van der Waals surface area contributed by atoms with Gasteiger partial charge in [-0.05, 0) is 24.6 Å². The van der Waals surface area contributed by atoms with E-state index in [9.17, 15) is 0 Å².